The van der Waals surface area contributed by atoms with E-state index < -0.39 is 0 Å². The third kappa shape index (κ3) is 3.48. The van der Waals surface area contributed by atoms with Gasteiger partial charge in [0.1, 0.15) is 0 Å². The number of piperidine rings is 1. The maximum atomic E-state index is 3.57. The SMILES string of the molecule is CC1CCNCC1CC1CCCCCC1. The summed E-state index contributed by atoms with van der Waals surface area (Å²) in [7, 11) is 0. The maximum absolute atomic E-state index is 3.57. The molecule has 0 aromatic heterocycles. The van der Waals surface area contributed by atoms with Gasteiger partial charge in [0.25, 0.3) is 0 Å². The van der Waals surface area contributed by atoms with Gasteiger partial charge in [-0.25, -0.2) is 0 Å². The van der Waals surface area contributed by atoms with E-state index in [1.165, 1.54) is 64.5 Å². The summed E-state index contributed by atoms with van der Waals surface area (Å²) in [5.74, 6) is 3.00. The zero-order valence-electron chi connectivity index (χ0n) is 10.3. The molecule has 2 fully saturated rings. The van der Waals surface area contributed by atoms with E-state index in [0.29, 0.717) is 0 Å². The second kappa shape index (κ2) is 5.89. The molecule has 1 saturated heterocycles. The van der Waals surface area contributed by atoms with Crippen LogP contribution in [-0.4, -0.2) is 13.1 Å². The van der Waals surface area contributed by atoms with Gasteiger partial charge in [0.05, 0.1) is 0 Å². The van der Waals surface area contributed by atoms with Crippen molar-refractivity contribution in [1.29, 1.82) is 0 Å². The van der Waals surface area contributed by atoms with Crippen LogP contribution in [0, 0.1) is 17.8 Å². The van der Waals surface area contributed by atoms with Gasteiger partial charge < -0.3 is 5.32 Å². The zero-order valence-corrected chi connectivity index (χ0v) is 10.3. The summed E-state index contributed by atoms with van der Waals surface area (Å²) >= 11 is 0. The van der Waals surface area contributed by atoms with E-state index in [-0.39, 0.29) is 0 Å². The van der Waals surface area contributed by atoms with Crippen LogP contribution in [0.5, 0.6) is 0 Å². The molecular formula is C14H27N. The van der Waals surface area contributed by atoms with Crippen LogP contribution in [0.1, 0.15) is 58.3 Å². The fourth-order valence-corrected chi connectivity index (χ4v) is 3.40. The lowest BCUT2D eigenvalue weighted by atomic mass is 9.79. The fourth-order valence-electron chi connectivity index (χ4n) is 3.40. The Morgan fingerprint density at radius 2 is 1.73 bits per heavy atom. The molecule has 0 aromatic carbocycles. The summed E-state index contributed by atoms with van der Waals surface area (Å²) < 4.78 is 0. The summed E-state index contributed by atoms with van der Waals surface area (Å²) in [5.41, 5.74) is 0. The largest absolute Gasteiger partial charge is 0.316 e. The molecule has 88 valence electrons. The van der Waals surface area contributed by atoms with Crippen LogP contribution >= 0.6 is 0 Å². The number of hydrogen-bond donors (Lipinski definition) is 1. The third-order valence-corrected chi connectivity index (χ3v) is 4.60. The monoisotopic (exact) mass is 209 g/mol. The van der Waals surface area contributed by atoms with Gasteiger partial charge in [-0.05, 0) is 43.7 Å². The van der Waals surface area contributed by atoms with Crippen LogP contribution in [0.4, 0.5) is 0 Å². The van der Waals surface area contributed by atoms with Crippen molar-refractivity contribution in [2.45, 2.75) is 58.3 Å². The highest BCUT2D eigenvalue weighted by atomic mass is 14.9. The van der Waals surface area contributed by atoms with E-state index in [0.717, 1.165) is 17.8 Å². The van der Waals surface area contributed by atoms with Gasteiger partial charge in [-0.15, -0.1) is 0 Å². The molecule has 0 amide bonds. The molecule has 2 atom stereocenters. The van der Waals surface area contributed by atoms with Crippen molar-refractivity contribution >= 4 is 0 Å². The molecule has 1 saturated carbocycles. The van der Waals surface area contributed by atoms with E-state index >= 15 is 0 Å². The summed E-state index contributed by atoms with van der Waals surface area (Å²) in [6.07, 6.45) is 11.9. The minimum atomic E-state index is 0.967. The molecule has 2 unspecified atom stereocenters. The number of nitrogens with one attached hydrogen (secondary N) is 1. The summed E-state index contributed by atoms with van der Waals surface area (Å²) in [4.78, 5) is 0. The molecular weight excluding hydrogens is 182 g/mol. The first kappa shape index (κ1) is 11.4. The van der Waals surface area contributed by atoms with E-state index in [9.17, 15) is 0 Å². The van der Waals surface area contributed by atoms with E-state index in [2.05, 4.69) is 12.2 Å². The highest BCUT2D eigenvalue weighted by Crippen LogP contribution is 2.32. The van der Waals surface area contributed by atoms with Crippen molar-refractivity contribution < 1.29 is 0 Å². The predicted molar refractivity (Wildman–Crippen MR) is 65.9 cm³/mol. The molecule has 1 aliphatic heterocycles. The summed E-state index contributed by atoms with van der Waals surface area (Å²) in [5, 5.41) is 3.57. The van der Waals surface area contributed by atoms with Crippen molar-refractivity contribution in [2.24, 2.45) is 17.8 Å². The Kier molecular flexibility index (Phi) is 4.49. The highest BCUT2D eigenvalue weighted by Gasteiger charge is 2.24. The van der Waals surface area contributed by atoms with E-state index in [4.69, 9.17) is 0 Å². The Morgan fingerprint density at radius 3 is 2.40 bits per heavy atom. The molecule has 1 heterocycles. The van der Waals surface area contributed by atoms with Crippen LogP contribution in [-0.2, 0) is 0 Å². The lowest BCUT2D eigenvalue weighted by molar-refractivity contribution is 0.217. The van der Waals surface area contributed by atoms with Gasteiger partial charge in [0.15, 0.2) is 0 Å². The van der Waals surface area contributed by atoms with Crippen molar-refractivity contribution in [3.05, 3.63) is 0 Å². The first-order valence-electron chi connectivity index (χ1n) is 7.07. The second-order valence-corrected chi connectivity index (χ2v) is 5.82. The average molecular weight is 209 g/mol. The van der Waals surface area contributed by atoms with E-state index in [1.807, 2.05) is 0 Å². The van der Waals surface area contributed by atoms with Gasteiger partial charge in [0, 0.05) is 0 Å². The van der Waals surface area contributed by atoms with Crippen molar-refractivity contribution in [1.82, 2.24) is 5.32 Å². The Labute approximate surface area is 95.0 Å². The Morgan fingerprint density at radius 1 is 1.00 bits per heavy atom. The van der Waals surface area contributed by atoms with Crippen LogP contribution in [0.15, 0.2) is 0 Å². The number of hydrogen-bond acceptors (Lipinski definition) is 1. The quantitative estimate of drug-likeness (QED) is 0.685. The van der Waals surface area contributed by atoms with Gasteiger partial charge >= 0.3 is 0 Å². The molecule has 1 N–H and O–H groups in total. The smallest absolute Gasteiger partial charge is 0.00179 e. The minimum Gasteiger partial charge on any atom is -0.316 e. The van der Waals surface area contributed by atoms with Crippen LogP contribution in [0.25, 0.3) is 0 Å². The fraction of sp³-hybridized carbons (Fsp3) is 1.00. The molecule has 15 heavy (non-hydrogen) atoms. The van der Waals surface area contributed by atoms with Crippen LogP contribution in [0.3, 0.4) is 0 Å². The first-order valence-corrected chi connectivity index (χ1v) is 7.07. The normalized spacial score (nSPS) is 35.0. The average Bonchev–Trinajstić information content (AvgIpc) is 2.50. The Bertz CT molecular complexity index is 170. The Balaban J connectivity index is 1.78. The van der Waals surface area contributed by atoms with Crippen molar-refractivity contribution in [2.75, 3.05) is 13.1 Å². The lowest BCUT2D eigenvalue weighted by Crippen LogP contribution is -2.36. The van der Waals surface area contributed by atoms with Crippen molar-refractivity contribution in [3.63, 3.8) is 0 Å². The first-order chi connectivity index (χ1) is 7.36. The maximum Gasteiger partial charge on any atom is -0.00179 e. The van der Waals surface area contributed by atoms with Crippen molar-refractivity contribution in [3.8, 4) is 0 Å². The van der Waals surface area contributed by atoms with Gasteiger partial charge in [0.2, 0.25) is 0 Å². The standard InChI is InChI=1S/C14H27N/c1-12-8-9-15-11-14(12)10-13-6-4-2-3-5-7-13/h12-15H,2-11H2,1H3. The molecule has 1 aliphatic carbocycles. The molecule has 0 radical (unpaired) electrons. The molecule has 2 aliphatic rings. The zero-order chi connectivity index (χ0) is 10.5. The molecule has 1 heteroatoms. The molecule has 2 rings (SSSR count). The van der Waals surface area contributed by atoms with Gasteiger partial charge in [-0.3, -0.25) is 0 Å². The molecule has 1 nitrogen and oxygen atoms in total. The Hall–Kier alpha value is -0.0400. The van der Waals surface area contributed by atoms with Crippen LogP contribution in [0.2, 0.25) is 0 Å². The molecule has 0 bridgehead atoms. The van der Waals surface area contributed by atoms with E-state index in [1.54, 1.807) is 0 Å². The molecule has 0 aromatic rings. The summed E-state index contributed by atoms with van der Waals surface area (Å²) in [6.45, 7) is 5.00. The lowest BCUT2D eigenvalue weighted by Gasteiger charge is -2.32. The van der Waals surface area contributed by atoms with Crippen LogP contribution < -0.4 is 5.32 Å². The highest BCUT2D eigenvalue weighted by molar-refractivity contribution is 4.78. The van der Waals surface area contributed by atoms with Gasteiger partial charge in [-0.2, -0.15) is 0 Å². The minimum absolute atomic E-state index is 0.967. The molecule has 0 spiro atoms. The van der Waals surface area contributed by atoms with Gasteiger partial charge in [-0.1, -0.05) is 45.4 Å². The second-order valence-electron chi connectivity index (χ2n) is 5.82. The topological polar surface area (TPSA) is 12.0 Å². The predicted octanol–water partition coefficient (Wildman–Crippen LogP) is 3.59. The number of rotatable bonds is 2. The third-order valence-electron chi connectivity index (χ3n) is 4.60. The summed E-state index contributed by atoms with van der Waals surface area (Å²) in [6, 6.07) is 0.